The number of rotatable bonds is 5. The third-order valence-corrected chi connectivity index (χ3v) is 12.6. The molecule has 0 saturated heterocycles. The van der Waals surface area contributed by atoms with E-state index in [9.17, 15) is 0 Å². The van der Waals surface area contributed by atoms with E-state index in [1.165, 1.54) is 71.6 Å². The number of allylic oxidation sites excluding steroid dienone is 4. The van der Waals surface area contributed by atoms with Gasteiger partial charge in [0.2, 0.25) is 0 Å². The highest BCUT2D eigenvalue weighted by Gasteiger charge is 2.36. The van der Waals surface area contributed by atoms with E-state index in [-0.39, 0.29) is 11.3 Å². The zero-order chi connectivity index (χ0) is 39.2. The number of hydrogen-bond donors (Lipinski definition) is 0. The zero-order valence-electron chi connectivity index (χ0n) is 32.8. The van der Waals surface area contributed by atoms with Gasteiger partial charge in [0.05, 0.1) is 27.8 Å². The van der Waals surface area contributed by atoms with Crippen LogP contribution in [0.4, 0.5) is 0 Å². The minimum absolute atomic E-state index is 0.0766. The van der Waals surface area contributed by atoms with E-state index in [0.29, 0.717) is 11.6 Å². The lowest BCUT2D eigenvalue weighted by molar-refractivity contribution is 0.630. The van der Waals surface area contributed by atoms with Crippen LogP contribution in [-0.2, 0) is 5.41 Å². The molecule has 1 atom stereocenters. The third kappa shape index (κ3) is 5.14. The Hall–Kier alpha value is -7.37. The van der Waals surface area contributed by atoms with Crippen molar-refractivity contribution in [3.8, 4) is 45.3 Å². The Morgan fingerprint density at radius 1 is 0.492 bits per heavy atom. The Bertz CT molecular complexity index is 3380. The molecule has 2 aliphatic rings. The summed E-state index contributed by atoms with van der Waals surface area (Å²) < 4.78 is 4.93. The van der Waals surface area contributed by atoms with Gasteiger partial charge in [-0.2, -0.15) is 0 Å². The number of aromatic nitrogens is 5. The second kappa shape index (κ2) is 12.8. The fourth-order valence-corrected chi connectivity index (χ4v) is 9.71. The fourth-order valence-electron chi connectivity index (χ4n) is 9.71. The summed E-state index contributed by atoms with van der Waals surface area (Å²) in [5, 5.41) is 4.86. The van der Waals surface area contributed by atoms with Crippen molar-refractivity contribution in [2.45, 2.75) is 31.6 Å². The number of para-hydroxylation sites is 2. The maximum Gasteiger partial charge on any atom is 0.163 e. The second-order valence-corrected chi connectivity index (χ2v) is 16.4. The molecule has 0 fully saturated rings. The van der Waals surface area contributed by atoms with Crippen molar-refractivity contribution in [2.75, 3.05) is 0 Å². The molecule has 3 aromatic heterocycles. The van der Waals surface area contributed by atoms with Gasteiger partial charge in [-0.3, -0.25) is 0 Å². The first kappa shape index (κ1) is 33.7. The second-order valence-electron chi connectivity index (χ2n) is 16.4. The molecule has 5 heteroatoms. The van der Waals surface area contributed by atoms with Gasteiger partial charge in [-0.15, -0.1) is 0 Å². The highest BCUT2D eigenvalue weighted by atomic mass is 15.0. The van der Waals surface area contributed by atoms with Crippen molar-refractivity contribution in [1.82, 2.24) is 24.1 Å². The van der Waals surface area contributed by atoms with Gasteiger partial charge in [-0.05, 0) is 77.2 Å². The molecule has 0 bridgehead atoms. The van der Waals surface area contributed by atoms with Crippen LogP contribution < -0.4 is 0 Å². The van der Waals surface area contributed by atoms with Crippen molar-refractivity contribution in [2.24, 2.45) is 0 Å². The maximum atomic E-state index is 5.27. The van der Waals surface area contributed by atoms with E-state index in [0.717, 1.165) is 29.1 Å². The Morgan fingerprint density at radius 3 is 2.02 bits per heavy atom. The van der Waals surface area contributed by atoms with E-state index in [1.807, 2.05) is 18.2 Å². The van der Waals surface area contributed by atoms with E-state index in [2.05, 4.69) is 187 Å². The Balaban J connectivity index is 1.15. The Morgan fingerprint density at radius 2 is 1.20 bits per heavy atom. The van der Waals surface area contributed by atoms with Gasteiger partial charge >= 0.3 is 0 Å². The molecule has 59 heavy (non-hydrogen) atoms. The summed E-state index contributed by atoms with van der Waals surface area (Å²) in [6.07, 6.45) is 9.45. The van der Waals surface area contributed by atoms with Crippen molar-refractivity contribution in [3.05, 3.63) is 199 Å². The van der Waals surface area contributed by atoms with Crippen LogP contribution in [0.15, 0.2) is 182 Å². The van der Waals surface area contributed by atoms with Crippen LogP contribution in [-0.4, -0.2) is 24.1 Å². The first-order valence-electron chi connectivity index (χ1n) is 20.5. The van der Waals surface area contributed by atoms with Crippen molar-refractivity contribution in [1.29, 1.82) is 0 Å². The lowest BCUT2D eigenvalue weighted by Gasteiger charge is -2.35. The van der Waals surface area contributed by atoms with Crippen LogP contribution in [0, 0.1) is 0 Å². The Kier molecular flexibility index (Phi) is 7.33. The first-order chi connectivity index (χ1) is 29.0. The van der Waals surface area contributed by atoms with Crippen molar-refractivity contribution >= 4 is 43.6 Å². The summed E-state index contributed by atoms with van der Waals surface area (Å²) in [7, 11) is 0. The minimum Gasteiger partial charge on any atom is -0.309 e. The summed E-state index contributed by atoms with van der Waals surface area (Å²) in [4.78, 5) is 15.6. The molecule has 7 aromatic carbocycles. The van der Waals surface area contributed by atoms with Gasteiger partial charge in [0.1, 0.15) is 5.82 Å². The smallest absolute Gasteiger partial charge is 0.163 e. The van der Waals surface area contributed by atoms with Crippen LogP contribution in [0.1, 0.15) is 43.1 Å². The quantitative estimate of drug-likeness (QED) is 0.176. The van der Waals surface area contributed by atoms with Gasteiger partial charge in [-0.25, -0.2) is 15.0 Å². The molecular weight excluding hydrogens is 719 g/mol. The normalized spacial score (nSPS) is 15.4. The molecule has 0 amide bonds. The molecule has 0 N–H and O–H groups in total. The molecule has 0 saturated carbocycles. The number of benzene rings is 7. The molecule has 12 rings (SSSR count). The van der Waals surface area contributed by atoms with Gasteiger partial charge in [-0.1, -0.05) is 147 Å². The number of nitrogens with zero attached hydrogens (tertiary/aromatic N) is 5. The Labute approximate surface area is 342 Å². The molecule has 4 heterocycles. The van der Waals surface area contributed by atoms with Gasteiger partial charge in [0.25, 0.3) is 0 Å². The molecule has 5 nitrogen and oxygen atoms in total. The molecule has 0 radical (unpaired) electrons. The predicted molar refractivity (Wildman–Crippen MR) is 243 cm³/mol. The SMILES string of the molecule is CC1(C)c2ccccc2-n2c3ccc(-n4c5ccccc5c5ccc(-c6ccccc6)cc54)cc3c3cc(-c4nc(-c5ccccc5)nc(C5C=CC=CC5)n4)cc1c32. The van der Waals surface area contributed by atoms with E-state index >= 15 is 0 Å². The molecule has 1 aliphatic carbocycles. The topological polar surface area (TPSA) is 48.5 Å². The zero-order valence-corrected chi connectivity index (χ0v) is 32.8. The molecule has 280 valence electrons. The van der Waals surface area contributed by atoms with E-state index in [4.69, 9.17) is 15.0 Å². The maximum absolute atomic E-state index is 5.27. The van der Waals surface area contributed by atoms with Gasteiger partial charge in [0, 0.05) is 49.7 Å². The molecule has 1 unspecified atom stereocenters. The van der Waals surface area contributed by atoms with Crippen LogP contribution in [0.3, 0.4) is 0 Å². The number of hydrogen-bond acceptors (Lipinski definition) is 3. The summed E-state index contributed by atoms with van der Waals surface area (Å²) in [5.74, 6) is 2.25. The predicted octanol–water partition coefficient (Wildman–Crippen LogP) is 13.3. The monoisotopic (exact) mass is 757 g/mol. The highest BCUT2D eigenvalue weighted by molar-refractivity contribution is 6.14. The lowest BCUT2D eigenvalue weighted by atomic mass is 9.74. The molecule has 0 spiro atoms. The van der Waals surface area contributed by atoms with Crippen molar-refractivity contribution in [3.63, 3.8) is 0 Å². The van der Waals surface area contributed by atoms with E-state index in [1.54, 1.807) is 0 Å². The largest absolute Gasteiger partial charge is 0.309 e. The summed E-state index contributed by atoms with van der Waals surface area (Å²) in [6.45, 7) is 4.71. The van der Waals surface area contributed by atoms with Gasteiger partial charge < -0.3 is 9.13 Å². The highest BCUT2D eigenvalue weighted by Crippen LogP contribution is 2.49. The van der Waals surface area contributed by atoms with Crippen molar-refractivity contribution < 1.29 is 0 Å². The van der Waals surface area contributed by atoms with Crippen LogP contribution in [0.2, 0.25) is 0 Å². The number of fused-ring (bicyclic) bond motifs is 8. The first-order valence-corrected chi connectivity index (χ1v) is 20.5. The summed E-state index contributed by atoms with van der Waals surface area (Å²) in [6, 6.07) is 57.2. The molecule has 10 aromatic rings. The van der Waals surface area contributed by atoms with Gasteiger partial charge in [0.15, 0.2) is 11.6 Å². The average Bonchev–Trinajstić information content (AvgIpc) is 3.81. The lowest BCUT2D eigenvalue weighted by Crippen LogP contribution is -2.26. The van der Waals surface area contributed by atoms with Crippen LogP contribution in [0.5, 0.6) is 0 Å². The average molecular weight is 758 g/mol. The third-order valence-electron chi connectivity index (χ3n) is 12.6. The standard InChI is InChI=1S/C54H39N5/c1-54(2)44-23-13-15-25-48(44)59-47-29-27-39(58-46-24-14-12-22-40(46)41-28-26-37(32-49(41)58)34-16-6-3-7-17-34)33-42(47)43-30-38(31-45(54)50(43)59)53-56-51(35-18-8-4-9-19-35)55-52(57-53)36-20-10-5-11-21-36/h3-20,22-33,36H,21H2,1-2H3. The van der Waals surface area contributed by atoms with E-state index < -0.39 is 0 Å². The summed E-state index contributed by atoms with van der Waals surface area (Å²) >= 11 is 0. The summed E-state index contributed by atoms with van der Waals surface area (Å²) in [5.41, 5.74) is 13.8. The molecular formula is C54H39N5. The van der Waals surface area contributed by atoms with Crippen LogP contribution >= 0.6 is 0 Å². The fraction of sp³-hybridized carbons (Fsp3) is 0.0926. The van der Waals surface area contributed by atoms with Crippen LogP contribution in [0.25, 0.3) is 88.9 Å². The molecule has 1 aliphatic heterocycles. The minimum atomic E-state index is -0.284.